The predicted molar refractivity (Wildman–Crippen MR) is 55.6 cm³/mol. The molecular formula is C9H8ClN3O3. The summed E-state index contributed by atoms with van der Waals surface area (Å²) in [4.78, 5) is 31.2. The SMILES string of the molecule is O=C(O)c1nccnc1N1CC(Cl)CC1=O. The number of aromatic carboxylic acids is 1. The summed E-state index contributed by atoms with van der Waals surface area (Å²) in [5, 5.41) is 8.60. The zero-order valence-electron chi connectivity index (χ0n) is 8.13. The van der Waals surface area contributed by atoms with Gasteiger partial charge in [0, 0.05) is 25.4 Å². The van der Waals surface area contributed by atoms with Gasteiger partial charge in [-0.25, -0.2) is 14.8 Å². The Hall–Kier alpha value is -1.69. The summed E-state index contributed by atoms with van der Waals surface area (Å²) in [6.45, 7) is 0.263. The third-order valence-electron chi connectivity index (χ3n) is 2.22. The van der Waals surface area contributed by atoms with Crippen LogP contribution in [0.2, 0.25) is 0 Å². The summed E-state index contributed by atoms with van der Waals surface area (Å²) in [7, 11) is 0. The third kappa shape index (κ3) is 1.83. The fourth-order valence-electron chi connectivity index (χ4n) is 1.55. The lowest BCUT2D eigenvalue weighted by molar-refractivity contribution is -0.117. The molecule has 0 aliphatic carbocycles. The van der Waals surface area contributed by atoms with Crippen molar-refractivity contribution in [1.82, 2.24) is 9.97 Å². The highest BCUT2D eigenvalue weighted by molar-refractivity contribution is 6.24. The maximum Gasteiger partial charge on any atom is 0.358 e. The molecule has 1 amide bonds. The molecule has 1 aliphatic heterocycles. The molecular weight excluding hydrogens is 234 g/mol. The van der Waals surface area contributed by atoms with Gasteiger partial charge >= 0.3 is 5.97 Å². The quantitative estimate of drug-likeness (QED) is 0.763. The minimum Gasteiger partial charge on any atom is -0.476 e. The first-order valence-corrected chi connectivity index (χ1v) is 5.02. The first kappa shape index (κ1) is 10.8. The molecule has 1 saturated heterocycles. The normalized spacial score (nSPS) is 20.2. The van der Waals surface area contributed by atoms with Crippen LogP contribution >= 0.6 is 11.6 Å². The smallest absolute Gasteiger partial charge is 0.358 e. The number of anilines is 1. The summed E-state index contributed by atoms with van der Waals surface area (Å²) in [6, 6.07) is 0. The minimum absolute atomic E-state index is 0.0585. The minimum atomic E-state index is -1.21. The second kappa shape index (κ2) is 4.05. The van der Waals surface area contributed by atoms with Gasteiger partial charge in [0.1, 0.15) is 0 Å². The van der Waals surface area contributed by atoms with Crippen molar-refractivity contribution < 1.29 is 14.7 Å². The molecule has 7 heteroatoms. The number of rotatable bonds is 2. The average molecular weight is 242 g/mol. The predicted octanol–water partition coefficient (Wildman–Crippen LogP) is 0.519. The van der Waals surface area contributed by atoms with E-state index in [-0.39, 0.29) is 35.8 Å². The van der Waals surface area contributed by atoms with Crippen molar-refractivity contribution in [2.75, 3.05) is 11.4 Å². The van der Waals surface area contributed by atoms with Crippen molar-refractivity contribution in [2.24, 2.45) is 0 Å². The summed E-state index contributed by atoms with van der Waals surface area (Å²) in [5.41, 5.74) is -0.235. The lowest BCUT2D eigenvalue weighted by atomic mass is 10.4. The van der Waals surface area contributed by atoms with Crippen molar-refractivity contribution in [1.29, 1.82) is 0 Å². The van der Waals surface area contributed by atoms with Crippen LogP contribution < -0.4 is 4.90 Å². The zero-order valence-corrected chi connectivity index (χ0v) is 8.89. The van der Waals surface area contributed by atoms with Gasteiger partial charge in [0.15, 0.2) is 11.5 Å². The van der Waals surface area contributed by atoms with Crippen LogP contribution in [0, 0.1) is 0 Å². The molecule has 2 rings (SSSR count). The first-order valence-electron chi connectivity index (χ1n) is 4.58. The second-order valence-corrected chi connectivity index (χ2v) is 3.96. The molecule has 1 aliphatic rings. The van der Waals surface area contributed by atoms with Crippen molar-refractivity contribution in [3.8, 4) is 0 Å². The summed E-state index contributed by atoms with van der Waals surface area (Å²) < 4.78 is 0. The molecule has 6 nitrogen and oxygen atoms in total. The Kier molecular flexibility index (Phi) is 2.74. The van der Waals surface area contributed by atoms with E-state index >= 15 is 0 Å². The van der Waals surface area contributed by atoms with Crippen molar-refractivity contribution in [2.45, 2.75) is 11.8 Å². The Labute approximate surface area is 95.9 Å². The number of aromatic nitrogens is 2. The summed E-state index contributed by atoms with van der Waals surface area (Å²) in [5.74, 6) is -1.39. The van der Waals surface area contributed by atoms with Crippen LogP contribution in [-0.2, 0) is 4.79 Å². The number of carbonyl (C=O) groups excluding carboxylic acids is 1. The van der Waals surface area contributed by atoms with E-state index in [1.807, 2.05) is 0 Å². The zero-order chi connectivity index (χ0) is 11.7. The molecule has 1 unspecified atom stereocenters. The maximum absolute atomic E-state index is 11.5. The highest BCUT2D eigenvalue weighted by Crippen LogP contribution is 2.24. The largest absolute Gasteiger partial charge is 0.476 e. The van der Waals surface area contributed by atoms with Crippen LogP contribution in [0.15, 0.2) is 12.4 Å². The monoisotopic (exact) mass is 241 g/mol. The van der Waals surface area contributed by atoms with Crippen molar-refractivity contribution in [3.05, 3.63) is 18.1 Å². The van der Waals surface area contributed by atoms with Crippen LogP contribution in [0.4, 0.5) is 5.82 Å². The number of carboxylic acids is 1. The number of nitrogens with zero attached hydrogens (tertiary/aromatic N) is 3. The van der Waals surface area contributed by atoms with E-state index in [1.165, 1.54) is 17.3 Å². The van der Waals surface area contributed by atoms with Crippen molar-refractivity contribution >= 4 is 29.3 Å². The fraction of sp³-hybridized carbons (Fsp3) is 0.333. The van der Waals surface area contributed by atoms with Crippen LogP contribution in [0.1, 0.15) is 16.9 Å². The highest BCUT2D eigenvalue weighted by atomic mass is 35.5. The van der Waals surface area contributed by atoms with Crippen LogP contribution in [0.25, 0.3) is 0 Å². The van der Waals surface area contributed by atoms with E-state index in [2.05, 4.69) is 9.97 Å². The number of carboxylic acid groups (broad SMARTS) is 1. The van der Waals surface area contributed by atoms with Gasteiger partial charge in [0.2, 0.25) is 5.91 Å². The molecule has 84 valence electrons. The van der Waals surface area contributed by atoms with Crippen LogP contribution in [0.5, 0.6) is 0 Å². The van der Waals surface area contributed by atoms with Crippen molar-refractivity contribution in [3.63, 3.8) is 0 Å². The molecule has 0 bridgehead atoms. The second-order valence-electron chi connectivity index (χ2n) is 3.34. The van der Waals surface area contributed by atoms with E-state index in [9.17, 15) is 9.59 Å². The number of halogens is 1. The molecule has 0 aromatic carbocycles. The van der Waals surface area contributed by atoms with E-state index in [1.54, 1.807) is 0 Å². The lowest BCUT2D eigenvalue weighted by Gasteiger charge is -2.15. The Morgan fingerprint density at radius 3 is 2.75 bits per heavy atom. The molecule has 1 fully saturated rings. The topological polar surface area (TPSA) is 83.4 Å². The number of hydrogen-bond donors (Lipinski definition) is 1. The Balaban J connectivity index is 2.40. The third-order valence-corrected chi connectivity index (χ3v) is 2.51. The van der Waals surface area contributed by atoms with Crippen LogP contribution in [-0.4, -0.2) is 38.9 Å². The van der Waals surface area contributed by atoms with Gasteiger partial charge in [0.25, 0.3) is 0 Å². The molecule has 1 N–H and O–H groups in total. The van der Waals surface area contributed by atoms with E-state index in [0.29, 0.717) is 0 Å². The number of hydrogen-bond acceptors (Lipinski definition) is 4. The summed E-state index contributed by atoms with van der Waals surface area (Å²) in [6.07, 6.45) is 2.81. The molecule has 1 aromatic rings. The molecule has 0 saturated carbocycles. The maximum atomic E-state index is 11.5. The van der Waals surface area contributed by atoms with Gasteiger partial charge in [-0.15, -0.1) is 11.6 Å². The van der Waals surface area contributed by atoms with Gasteiger partial charge in [0.05, 0.1) is 5.38 Å². The lowest BCUT2D eigenvalue weighted by Crippen LogP contribution is -2.28. The molecule has 2 heterocycles. The van der Waals surface area contributed by atoms with Gasteiger partial charge in [-0.1, -0.05) is 0 Å². The molecule has 1 aromatic heterocycles. The first-order chi connectivity index (χ1) is 7.59. The number of alkyl halides is 1. The van der Waals surface area contributed by atoms with Gasteiger partial charge in [-0.2, -0.15) is 0 Å². The molecule has 16 heavy (non-hydrogen) atoms. The molecule has 0 spiro atoms. The van der Waals surface area contributed by atoms with Crippen LogP contribution in [0.3, 0.4) is 0 Å². The fourth-order valence-corrected chi connectivity index (χ4v) is 1.82. The van der Waals surface area contributed by atoms with Gasteiger partial charge in [-0.3, -0.25) is 9.69 Å². The van der Waals surface area contributed by atoms with E-state index < -0.39 is 5.97 Å². The molecule has 1 atom stereocenters. The van der Waals surface area contributed by atoms with Gasteiger partial charge < -0.3 is 5.11 Å². The highest BCUT2D eigenvalue weighted by Gasteiger charge is 2.32. The Bertz CT molecular complexity index is 451. The number of carbonyl (C=O) groups is 2. The van der Waals surface area contributed by atoms with Gasteiger partial charge in [-0.05, 0) is 0 Å². The van der Waals surface area contributed by atoms with E-state index in [0.717, 1.165) is 0 Å². The Morgan fingerprint density at radius 1 is 1.50 bits per heavy atom. The molecule has 0 radical (unpaired) electrons. The average Bonchev–Trinajstić information content (AvgIpc) is 2.57. The Morgan fingerprint density at radius 2 is 2.19 bits per heavy atom. The standard InChI is InChI=1S/C9H8ClN3O3/c10-5-3-6(14)13(4-5)8-7(9(15)16)11-1-2-12-8/h1-2,5H,3-4H2,(H,15,16). The number of amides is 1. The van der Waals surface area contributed by atoms with E-state index in [4.69, 9.17) is 16.7 Å². The summed E-state index contributed by atoms with van der Waals surface area (Å²) >= 11 is 5.83.